The number of carbonyl (C=O) groups is 1. The molecule has 0 aromatic carbocycles. The molecule has 1 saturated carbocycles. The largest absolute Gasteiger partial charge is 0.357 e. The van der Waals surface area contributed by atoms with Crippen molar-refractivity contribution in [3.05, 3.63) is 23.9 Å². The van der Waals surface area contributed by atoms with Crippen molar-refractivity contribution in [2.75, 3.05) is 18.0 Å². The molecule has 1 aromatic rings. The molecule has 2 heterocycles. The molecule has 2 aliphatic rings. The zero-order valence-electron chi connectivity index (χ0n) is 13.6. The van der Waals surface area contributed by atoms with Crippen molar-refractivity contribution in [1.29, 1.82) is 5.26 Å². The van der Waals surface area contributed by atoms with E-state index in [1.807, 2.05) is 18.3 Å². The van der Waals surface area contributed by atoms with Gasteiger partial charge in [-0.05, 0) is 43.7 Å². The van der Waals surface area contributed by atoms with Gasteiger partial charge in [-0.3, -0.25) is 4.79 Å². The topological polar surface area (TPSA) is 69.0 Å². The second kappa shape index (κ2) is 6.99. The number of nitrogens with zero attached hydrogens (tertiary/aromatic N) is 3. The van der Waals surface area contributed by atoms with Crippen LogP contribution < -0.4 is 10.2 Å². The van der Waals surface area contributed by atoms with Crippen LogP contribution in [0.15, 0.2) is 18.3 Å². The predicted octanol–water partition coefficient (Wildman–Crippen LogP) is 2.77. The lowest BCUT2D eigenvalue weighted by Crippen LogP contribution is -2.37. The summed E-state index contributed by atoms with van der Waals surface area (Å²) in [5, 5.41) is 12.3. The standard InChI is InChI=1S/C18H24N4O/c19-14-18(8-2-3-9-18)17(23)21-13-15-6-7-16(20-12-15)22-10-4-1-5-11-22/h6-7,12H,1-5,8-11,13H2,(H,21,23). The molecular formula is C18H24N4O. The zero-order valence-corrected chi connectivity index (χ0v) is 13.6. The Hall–Kier alpha value is -2.09. The summed E-state index contributed by atoms with van der Waals surface area (Å²) in [6.45, 7) is 2.59. The lowest BCUT2D eigenvalue weighted by atomic mass is 9.87. The van der Waals surface area contributed by atoms with Crippen molar-refractivity contribution in [3.8, 4) is 6.07 Å². The summed E-state index contributed by atoms with van der Waals surface area (Å²) in [6, 6.07) is 6.28. The number of nitriles is 1. The molecule has 0 radical (unpaired) electrons. The third kappa shape index (κ3) is 3.47. The number of carbonyl (C=O) groups excluding carboxylic acids is 1. The number of pyridine rings is 1. The third-order valence-corrected chi connectivity index (χ3v) is 5.05. The minimum Gasteiger partial charge on any atom is -0.357 e. The first-order valence-electron chi connectivity index (χ1n) is 8.63. The quantitative estimate of drug-likeness (QED) is 0.928. The summed E-state index contributed by atoms with van der Waals surface area (Å²) in [7, 11) is 0. The first-order chi connectivity index (χ1) is 11.2. The number of nitrogens with one attached hydrogen (secondary N) is 1. The third-order valence-electron chi connectivity index (χ3n) is 5.05. The molecule has 1 amide bonds. The summed E-state index contributed by atoms with van der Waals surface area (Å²) in [6.07, 6.45) is 8.90. The molecule has 0 spiro atoms. The van der Waals surface area contributed by atoms with Crippen molar-refractivity contribution in [2.24, 2.45) is 5.41 Å². The molecular weight excluding hydrogens is 288 g/mol. The van der Waals surface area contributed by atoms with E-state index in [0.29, 0.717) is 19.4 Å². The lowest BCUT2D eigenvalue weighted by Gasteiger charge is -2.27. The monoisotopic (exact) mass is 312 g/mol. The Bertz CT molecular complexity index is 578. The molecule has 1 saturated heterocycles. The molecule has 0 atom stereocenters. The maximum atomic E-state index is 12.3. The highest BCUT2D eigenvalue weighted by Gasteiger charge is 2.41. The van der Waals surface area contributed by atoms with Crippen LogP contribution in [0.25, 0.3) is 0 Å². The van der Waals surface area contributed by atoms with Crippen molar-refractivity contribution < 1.29 is 4.79 Å². The van der Waals surface area contributed by atoms with E-state index in [2.05, 4.69) is 21.3 Å². The van der Waals surface area contributed by atoms with E-state index in [-0.39, 0.29) is 5.91 Å². The van der Waals surface area contributed by atoms with Crippen LogP contribution in [0.4, 0.5) is 5.82 Å². The van der Waals surface area contributed by atoms with E-state index in [1.54, 1.807) is 0 Å². The number of anilines is 1. The summed E-state index contributed by atoms with van der Waals surface area (Å²) >= 11 is 0. The van der Waals surface area contributed by atoms with Crippen LogP contribution >= 0.6 is 0 Å². The summed E-state index contributed by atoms with van der Waals surface area (Å²) in [5.74, 6) is 0.890. The number of piperidine rings is 1. The number of hydrogen-bond acceptors (Lipinski definition) is 4. The SMILES string of the molecule is N#CC1(C(=O)NCc2ccc(N3CCCCC3)nc2)CCCC1. The van der Waals surface area contributed by atoms with Crippen molar-refractivity contribution in [3.63, 3.8) is 0 Å². The Morgan fingerprint density at radius 1 is 1.22 bits per heavy atom. The van der Waals surface area contributed by atoms with Crippen LogP contribution in [-0.2, 0) is 11.3 Å². The van der Waals surface area contributed by atoms with Gasteiger partial charge in [0.25, 0.3) is 0 Å². The highest BCUT2D eigenvalue weighted by Crippen LogP contribution is 2.37. The van der Waals surface area contributed by atoms with Gasteiger partial charge in [0.15, 0.2) is 0 Å². The number of rotatable bonds is 4. The first-order valence-corrected chi connectivity index (χ1v) is 8.63. The Morgan fingerprint density at radius 2 is 1.96 bits per heavy atom. The second-order valence-corrected chi connectivity index (χ2v) is 6.66. The zero-order chi connectivity index (χ0) is 16.1. The van der Waals surface area contributed by atoms with Gasteiger partial charge in [0, 0.05) is 25.8 Å². The second-order valence-electron chi connectivity index (χ2n) is 6.66. The predicted molar refractivity (Wildman–Crippen MR) is 88.7 cm³/mol. The van der Waals surface area contributed by atoms with Crippen molar-refractivity contribution >= 4 is 11.7 Å². The van der Waals surface area contributed by atoms with Gasteiger partial charge in [0.1, 0.15) is 11.2 Å². The Kier molecular flexibility index (Phi) is 4.80. The average molecular weight is 312 g/mol. The van der Waals surface area contributed by atoms with Gasteiger partial charge < -0.3 is 10.2 Å². The van der Waals surface area contributed by atoms with E-state index in [1.165, 1.54) is 19.3 Å². The van der Waals surface area contributed by atoms with Gasteiger partial charge in [0.2, 0.25) is 5.91 Å². The molecule has 122 valence electrons. The van der Waals surface area contributed by atoms with Crippen LogP contribution in [0.5, 0.6) is 0 Å². The molecule has 1 aliphatic carbocycles. The number of aromatic nitrogens is 1. The van der Waals surface area contributed by atoms with Gasteiger partial charge in [-0.15, -0.1) is 0 Å². The van der Waals surface area contributed by atoms with Gasteiger partial charge in [-0.1, -0.05) is 18.9 Å². The fourth-order valence-corrected chi connectivity index (χ4v) is 3.55. The van der Waals surface area contributed by atoms with Crippen molar-refractivity contribution in [2.45, 2.75) is 51.5 Å². The van der Waals surface area contributed by atoms with E-state index in [9.17, 15) is 10.1 Å². The minimum absolute atomic E-state index is 0.127. The molecule has 0 bridgehead atoms. The maximum absolute atomic E-state index is 12.3. The fourth-order valence-electron chi connectivity index (χ4n) is 3.55. The van der Waals surface area contributed by atoms with E-state index in [4.69, 9.17) is 0 Å². The Balaban J connectivity index is 1.56. The Labute approximate surface area is 137 Å². The molecule has 5 nitrogen and oxygen atoms in total. The first kappa shape index (κ1) is 15.8. The van der Waals surface area contributed by atoms with Gasteiger partial charge in [0.05, 0.1) is 6.07 Å². The summed E-state index contributed by atoms with van der Waals surface area (Å²) in [4.78, 5) is 19.2. The van der Waals surface area contributed by atoms with E-state index < -0.39 is 5.41 Å². The summed E-state index contributed by atoms with van der Waals surface area (Å²) in [5.41, 5.74) is 0.173. The molecule has 2 fully saturated rings. The van der Waals surface area contributed by atoms with Gasteiger partial charge in [-0.25, -0.2) is 4.98 Å². The molecule has 23 heavy (non-hydrogen) atoms. The molecule has 1 aliphatic heterocycles. The highest BCUT2D eigenvalue weighted by molar-refractivity contribution is 5.85. The molecule has 3 rings (SSSR count). The number of amides is 1. The molecule has 1 N–H and O–H groups in total. The van der Waals surface area contributed by atoms with Crippen molar-refractivity contribution in [1.82, 2.24) is 10.3 Å². The normalized spacial score (nSPS) is 20.0. The van der Waals surface area contributed by atoms with Gasteiger partial charge >= 0.3 is 0 Å². The maximum Gasteiger partial charge on any atom is 0.240 e. The molecule has 0 unspecified atom stereocenters. The Morgan fingerprint density at radius 3 is 2.57 bits per heavy atom. The number of hydrogen-bond donors (Lipinski definition) is 1. The van der Waals surface area contributed by atoms with Crippen LogP contribution in [0.3, 0.4) is 0 Å². The lowest BCUT2D eigenvalue weighted by molar-refractivity contribution is -0.128. The van der Waals surface area contributed by atoms with Crippen LogP contribution in [0.1, 0.15) is 50.5 Å². The van der Waals surface area contributed by atoms with Crippen LogP contribution in [-0.4, -0.2) is 24.0 Å². The molecule has 5 heteroatoms. The average Bonchev–Trinajstić information content (AvgIpc) is 3.11. The van der Waals surface area contributed by atoms with E-state index in [0.717, 1.165) is 37.3 Å². The minimum atomic E-state index is -0.804. The van der Waals surface area contributed by atoms with Crippen LogP contribution in [0, 0.1) is 16.7 Å². The van der Waals surface area contributed by atoms with Gasteiger partial charge in [-0.2, -0.15) is 5.26 Å². The smallest absolute Gasteiger partial charge is 0.240 e. The van der Waals surface area contributed by atoms with E-state index >= 15 is 0 Å². The molecule has 1 aromatic heterocycles. The van der Waals surface area contributed by atoms with Crippen LogP contribution in [0.2, 0.25) is 0 Å². The summed E-state index contributed by atoms with van der Waals surface area (Å²) < 4.78 is 0. The fraction of sp³-hybridized carbons (Fsp3) is 0.611. The highest BCUT2D eigenvalue weighted by atomic mass is 16.2.